The molecule has 0 aliphatic rings. The van der Waals surface area contributed by atoms with Crippen molar-refractivity contribution >= 4 is 0 Å². The molecule has 14 heavy (non-hydrogen) atoms. The monoisotopic (exact) mass is 205 g/mol. The molecule has 0 spiro atoms. The van der Waals surface area contributed by atoms with Crippen LogP contribution < -0.4 is 5.32 Å². The molecule has 0 radical (unpaired) electrons. The zero-order chi connectivity index (χ0) is 10.8. The van der Waals surface area contributed by atoms with Crippen molar-refractivity contribution in [3.05, 3.63) is 0 Å². The van der Waals surface area contributed by atoms with Gasteiger partial charge in [0.05, 0.1) is 12.7 Å². The number of aliphatic hydroxyl groups excluding tert-OH is 3. The summed E-state index contributed by atoms with van der Waals surface area (Å²) in [6.45, 7) is 3.35. The molecule has 0 bridgehead atoms. The highest BCUT2D eigenvalue weighted by Crippen LogP contribution is 2.08. The van der Waals surface area contributed by atoms with E-state index < -0.39 is 6.10 Å². The summed E-state index contributed by atoms with van der Waals surface area (Å²) in [7, 11) is 0. The molecule has 0 heterocycles. The van der Waals surface area contributed by atoms with Crippen molar-refractivity contribution in [3.8, 4) is 0 Å². The normalized spacial score (nSPS) is 15.4. The molecule has 0 fully saturated rings. The molecule has 0 aromatic heterocycles. The van der Waals surface area contributed by atoms with Crippen LogP contribution >= 0.6 is 0 Å². The minimum atomic E-state index is -0.675. The zero-order valence-electron chi connectivity index (χ0n) is 8.95. The molecule has 0 aliphatic carbocycles. The molecule has 0 aliphatic heterocycles. The second-order valence-corrected chi connectivity index (χ2v) is 3.66. The second-order valence-electron chi connectivity index (χ2n) is 3.66. The van der Waals surface area contributed by atoms with Gasteiger partial charge in [-0.25, -0.2) is 0 Å². The van der Waals surface area contributed by atoms with Crippen LogP contribution in [0.5, 0.6) is 0 Å². The van der Waals surface area contributed by atoms with Crippen molar-refractivity contribution in [3.63, 3.8) is 0 Å². The van der Waals surface area contributed by atoms with Crippen molar-refractivity contribution in [2.45, 2.75) is 32.3 Å². The van der Waals surface area contributed by atoms with E-state index in [0.717, 1.165) is 25.8 Å². The molecule has 2 atom stereocenters. The molecule has 0 saturated heterocycles. The van der Waals surface area contributed by atoms with Gasteiger partial charge in [-0.05, 0) is 25.3 Å². The Labute approximate surface area is 86.0 Å². The van der Waals surface area contributed by atoms with E-state index in [2.05, 4.69) is 12.2 Å². The van der Waals surface area contributed by atoms with Gasteiger partial charge < -0.3 is 20.6 Å². The van der Waals surface area contributed by atoms with Crippen LogP contribution in [0.3, 0.4) is 0 Å². The fourth-order valence-electron chi connectivity index (χ4n) is 1.46. The standard InChI is InChI=1S/C10H23NO3/c1-2-3-9(4-5-12)6-11-7-10(14)8-13/h9-14H,2-8H2,1H3/t9?,10-/m0/s1. The Morgan fingerprint density at radius 1 is 1.14 bits per heavy atom. The van der Waals surface area contributed by atoms with Gasteiger partial charge in [-0.3, -0.25) is 0 Å². The Morgan fingerprint density at radius 2 is 1.86 bits per heavy atom. The third kappa shape index (κ3) is 7.26. The summed E-state index contributed by atoms with van der Waals surface area (Å²) in [5.74, 6) is 0.468. The van der Waals surface area contributed by atoms with Gasteiger partial charge in [0, 0.05) is 13.2 Å². The van der Waals surface area contributed by atoms with E-state index in [-0.39, 0.29) is 13.2 Å². The van der Waals surface area contributed by atoms with Crippen LogP contribution in [0.25, 0.3) is 0 Å². The summed E-state index contributed by atoms with van der Waals surface area (Å²) in [6.07, 6.45) is 2.32. The quantitative estimate of drug-likeness (QED) is 0.418. The van der Waals surface area contributed by atoms with Gasteiger partial charge in [0.1, 0.15) is 0 Å². The molecule has 4 nitrogen and oxygen atoms in total. The smallest absolute Gasteiger partial charge is 0.0894 e. The van der Waals surface area contributed by atoms with Gasteiger partial charge in [-0.1, -0.05) is 13.3 Å². The molecule has 0 aromatic carbocycles. The van der Waals surface area contributed by atoms with E-state index in [4.69, 9.17) is 15.3 Å². The minimum Gasteiger partial charge on any atom is -0.396 e. The van der Waals surface area contributed by atoms with Crippen molar-refractivity contribution in [1.82, 2.24) is 5.32 Å². The van der Waals surface area contributed by atoms with Gasteiger partial charge in [-0.2, -0.15) is 0 Å². The molecule has 4 heteroatoms. The third-order valence-corrected chi connectivity index (χ3v) is 2.26. The van der Waals surface area contributed by atoms with Crippen LogP contribution in [0.15, 0.2) is 0 Å². The fraction of sp³-hybridized carbons (Fsp3) is 1.00. The molecular weight excluding hydrogens is 182 g/mol. The van der Waals surface area contributed by atoms with Crippen molar-refractivity contribution in [2.75, 3.05) is 26.3 Å². The fourth-order valence-corrected chi connectivity index (χ4v) is 1.46. The first-order valence-electron chi connectivity index (χ1n) is 5.35. The predicted molar refractivity (Wildman–Crippen MR) is 56.1 cm³/mol. The van der Waals surface area contributed by atoms with Gasteiger partial charge >= 0.3 is 0 Å². The van der Waals surface area contributed by atoms with Crippen LogP contribution in [-0.4, -0.2) is 47.7 Å². The van der Waals surface area contributed by atoms with Crippen LogP contribution in [-0.2, 0) is 0 Å². The van der Waals surface area contributed by atoms with Gasteiger partial charge in [0.25, 0.3) is 0 Å². The predicted octanol–water partition coefficient (Wildman–Crippen LogP) is -0.272. The van der Waals surface area contributed by atoms with E-state index in [0.29, 0.717) is 12.5 Å². The lowest BCUT2D eigenvalue weighted by Gasteiger charge is -2.16. The van der Waals surface area contributed by atoms with E-state index >= 15 is 0 Å². The van der Waals surface area contributed by atoms with E-state index in [9.17, 15) is 0 Å². The number of hydrogen-bond donors (Lipinski definition) is 4. The van der Waals surface area contributed by atoms with Crippen molar-refractivity contribution in [2.24, 2.45) is 5.92 Å². The zero-order valence-corrected chi connectivity index (χ0v) is 8.95. The summed E-state index contributed by atoms with van der Waals surface area (Å²) in [5, 5.41) is 29.5. The molecule has 0 saturated carbocycles. The summed E-state index contributed by atoms with van der Waals surface area (Å²) >= 11 is 0. The topological polar surface area (TPSA) is 72.7 Å². The van der Waals surface area contributed by atoms with Crippen molar-refractivity contribution < 1.29 is 15.3 Å². The molecule has 4 N–H and O–H groups in total. The Morgan fingerprint density at radius 3 is 2.36 bits per heavy atom. The average molecular weight is 205 g/mol. The maximum absolute atomic E-state index is 9.07. The Bertz CT molecular complexity index is 116. The number of hydrogen-bond acceptors (Lipinski definition) is 4. The SMILES string of the molecule is CCCC(CCO)CNC[C@H](O)CO. The molecule has 1 unspecified atom stereocenters. The average Bonchev–Trinajstić information content (AvgIpc) is 2.18. The minimum absolute atomic E-state index is 0.203. The summed E-state index contributed by atoms with van der Waals surface area (Å²) in [5.41, 5.74) is 0. The highest BCUT2D eigenvalue weighted by Gasteiger charge is 2.07. The Hall–Kier alpha value is -0.160. The lowest BCUT2D eigenvalue weighted by Crippen LogP contribution is -2.33. The lowest BCUT2D eigenvalue weighted by molar-refractivity contribution is 0.0930. The van der Waals surface area contributed by atoms with Gasteiger partial charge in [0.2, 0.25) is 0 Å². The molecule has 0 amide bonds. The van der Waals surface area contributed by atoms with Crippen LogP contribution in [0, 0.1) is 5.92 Å². The van der Waals surface area contributed by atoms with E-state index in [1.54, 1.807) is 0 Å². The van der Waals surface area contributed by atoms with Gasteiger partial charge in [0.15, 0.2) is 0 Å². The van der Waals surface area contributed by atoms with Crippen LogP contribution in [0.1, 0.15) is 26.2 Å². The highest BCUT2D eigenvalue weighted by molar-refractivity contribution is 4.64. The van der Waals surface area contributed by atoms with Gasteiger partial charge in [-0.15, -0.1) is 0 Å². The first-order chi connectivity index (χ1) is 6.74. The number of nitrogens with one attached hydrogen (secondary N) is 1. The largest absolute Gasteiger partial charge is 0.396 e. The molecule has 0 rings (SSSR count). The number of aliphatic hydroxyl groups is 3. The first kappa shape index (κ1) is 13.8. The van der Waals surface area contributed by atoms with E-state index in [1.165, 1.54) is 0 Å². The Kier molecular flexibility index (Phi) is 9.29. The second kappa shape index (κ2) is 9.40. The lowest BCUT2D eigenvalue weighted by atomic mass is 10.0. The maximum Gasteiger partial charge on any atom is 0.0894 e. The highest BCUT2D eigenvalue weighted by atomic mass is 16.3. The Balaban J connectivity index is 3.49. The number of rotatable bonds is 9. The molecular formula is C10H23NO3. The third-order valence-electron chi connectivity index (χ3n) is 2.26. The van der Waals surface area contributed by atoms with Crippen LogP contribution in [0.4, 0.5) is 0 Å². The van der Waals surface area contributed by atoms with Crippen LogP contribution in [0.2, 0.25) is 0 Å². The molecule has 86 valence electrons. The maximum atomic E-state index is 9.07. The molecule has 0 aromatic rings. The van der Waals surface area contributed by atoms with E-state index in [1.807, 2.05) is 0 Å². The first-order valence-corrected chi connectivity index (χ1v) is 5.35. The summed E-state index contributed by atoms with van der Waals surface area (Å²) in [6, 6.07) is 0. The summed E-state index contributed by atoms with van der Waals surface area (Å²) in [4.78, 5) is 0. The summed E-state index contributed by atoms with van der Waals surface area (Å²) < 4.78 is 0. The van der Waals surface area contributed by atoms with Crippen molar-refractivity contribution in [1.29, 1.82) is 0 Å².